The minimum Gasteiger partial charge on any atom is -0.286 e. The maximum absolute atomic E-state index is 3.60. The van der Waals surface area contributed by atoms with Crippen LogP contribution in [0.3, 0.4) is 0 Å². The number of halogens is 1. The fourth-order valence-corrected chi connectivity index (χ4v) is 0.215. The molecular formula is C3H8BFN2. The number of H-pyrrole nitrogens is 1. The van der Waals surface area contributed by atoms with Gasteiger partial charge in [-0.1, -0.05) is 0 Å². The van der Waals surface area contributed by atoms with Crippen LogP contribution in [0.2, 0.25) is 0 Å². The van der Waals surface area contributed by atoms with Crippen molar-refractivity contribution in [3.8, 4) is 0 Å². The summed E-state index contributed by atoms with van der Waals surface area (Å²) in [5.74, 6) is 0. The van der Waals surface area contributed by atoms with Gasteiger partial charge in [0.05, 0.1) is 8.41 Å². The van der Waals surface area contributed by atoms with Gasteiger partial charge in [-0.3, -0.25) is 9.80 Å². The molecule has 0 atom stereocenters. The number of nitrogens with one attached hydrogen (secondary N) is 1. The van der Waals surface area contributed by atoms with Crippen molar-refractivity contribution in [3.63, 3.8) is 0 Å². The van der Waals surface area contributed by atoms with Crippen LogP contribution in [0.1, 0.15) is 0 Å². The number of nitrogens with zero attached hydrogens (tertiary/aromatic N) is 1. The van der Waals surface area contributed by atoms with Crippen molar-refractivity contribution in [2.24, 2.45) is 0 Å². The Morgan fingerprint density at radius 2 is 2.14 bits per heavy atom. The molecule has 0 unspecified atom stereocenters. The van der Waals surface area contributed by atoms with Crippen molar-refractivity contribution in [1.29, 1.82) is 0 Å². The summed E-state index contributed by atoms with van der Waals surface area (Å²) in [6.07, 6.45) is 3.46. The fourth-order valence-electron chi connectivity index (χ4n) is 0.215. The monoisotopic (exact) mass is 102 g/mol. The lowest BCUT2D eigenvalue weighted by molar-refractivity contribution is 1.09. The van der Waals surface area contributed by atoms with Gasteiger partial charge in [-0.25, -0.2) is 0 Å². The average molecular weight is 102 g/mol. The molecule has 1 N–H and O–H groups in total. The predicted molar refractivity (Wildman–Crippen MR) is 31.0 cm³/mol. The maximum atomic E-state index is 3.60. The molecule has 0 aromatic carbocycles. The Morgan fingerprint density at radius 3 is 2.29 bits per heavy atom. The summed E-state index contributed by atoms with van der Waals surface area (Å²) >= 11 is 0. The van der Waals surface area contributed by atoms with Crippen LogP contribution in [0.4, 0.5) is 4.70 Å². The molecule has 0 fully saturated rings. The van der Waals surface area contributed by atoms with E-state index in [1.807, 2.05) is 6.07 Å². The van der Waals surface area contributed by atoms with Crippen LogP contribution in [-0.2, 0) is 0 Å². The van der Waals surface area contributed by atoms with E-state index in [0.717, 1.165) is 0 Å². The number of hydrogen-bond acceptors (Lipinski definition) is 1. The van der Waals surface area contributed by atoms with E-state index >= 15 is 0 Å². The quantitative estimate of drug-likeness (QED) is 0.434. The number of aromatic amines is 1. The Kier molecular flexibility index (Phi) is 7.07. The van der Waals surface area contributed by atoms with E-state index in [1.165, 1.54) is 0 Å². The van der Waals surface area contributed by atoms with E-state index in [4.69, 9.17) is 0 Å². The first-order valence-corrected chi connectivity index (χ1v) is 1.44. The van der Waals surface area contributed by atoms with Crippen molar-refractivity contribution in [2.45, 2.75) is 0 Å². The van der Waals surface area contributed by atoms with Gasteiger partial charge in [-0.05, 0) is 6.07 Å². The Hall–Kier alpha value is -0.795. The third-order valence-corrected chi connectivity index (χ3v) is 0.406. The first-order valence-electron chi connectivity index (χ1n) is 1.44. The second-order valence-electron chi connectivity index (χ2n) is 0.766. The van der Waals surface area contributed by atoms with Gasteiger partial charge in [0.25, 0.3) is 0 Å². The molecule has 0 saturated heterocycles. The van der Waals surface area contributed by atoms with E-state index in [9.17, 15) is 0 Å². The first kappa shape index (κ1) is 9.51. The third-order valence-electron chi connectivity index (χ3n) is 0.406. The highest BCUT2D eigenvalue weighted by atomic mass is 19.0. The lowest BCUT2D eigenvalue weighted by Gasteiger charge is -1.49. The smallest absolute Gasteiger partial charge is 0.0814 e. The van der Waals surface area contributed by atoms with E-state index in [1.54, 1.807) is 12.4 Å². The highest BCUT2D eigenvalue weighted by Crippen LogP contribution is 1.64. The summed E-state index contributed by atoms with van der Waals surface area (Å²) in [5.41, 5.74) is 0. The molecule has 0 spiro atoms. The van der Waals surface area contributed by atoms with E-state index < -0.39 is 0 Å². The molecule has 40 valence electrons. The van der Waals surface area contributed by atoms with Crippen LogP contribution >= 0.6 is 0 Å². The zero-order valence-corrected chi connectivity index (χ0v) is 3.09. The lowest BCUT2D eigenvalue weighted by Crippen LogP contribution is -1.53. The lowest BCUT2D eigenvalue weighted by atomic mass is 10.8. The normalized spacial score (nSPS) is 5.71. The molecule has 1 aromatic rings. The van der Waals surface area contributed by atoms with Gasteiger partial charge >= 0.3 is 0 Å². The highest BCUT2D eigenvalue weighted by molar-refractivity contribution is 5.75. The Morgan fingerprint density at radius 1 is 1.43 bits per heavy atom. The van der Waals surface area contributed by atoms with Crippen LogP contribution in [0.15, 0.2) is 18.5 Å². The van der Waals surface area contributed by atoms with Crippen molar-refractivity contribution in [1.82, 2.24) is 10.2 Å². The second kappa shape index (κ2) is 5.20. The average Bonchev–Trinajstić information content (AvgIpc) is 1.76. The van der Waals surface area contributed by atoms with Gasteiger partial charge in [0, 0.05) is 12.4 Å². The van der Waals surface area contributed by atoms with Gasteiger partial charge in [-0.15, -0.1) is 0 Å². The zero-order chi connectivity index (χ0) is 3.54. The van der Waals surface area contributed by atoms with Gasteiger partial charge < -0.3 is 0 Å². The molecule has 0 bridgehead atoms. The summed E-state index contributed by atoms with van der Waals surface area (Å²) in [4.78, 5) is 0. The highest BCUT2D eigenvalue weighted by Gasteiger charge is 1.56. The molecule has 1 heterocycles. The molecule has 0 saturated carbocycles. The standard InChI is InChI=1S/C3H4N2.BH3.FH/c1-2-4-5-3-1;;/h1-3H,(H,4,5);1H3;1H. The van der Waals surface area contributed by atoms with Crippen LogP contribution < -0.4 is 0 Å². The Bertz CT molecular complexity index is 69.4. The van der Waals surface area contributed by atoms with Gasteiger partial charge in [0.15, 0.2) is 0 Å². The Labute approximate surface area is 42.9 Å². The summed E-state index contributed by atoms with van der Waals surface area (Å²) < 4.78 is 0. The largest absolute Gasteiger partial charge is 0.286 e. The molecule has 4 heteroatoms. The van der Waals surface area contributed by atoms with Crippen LogP contribution in [0, 0.1) is 0 Å². The maximum Gasteiger partial charge on any atom is 0.0814 e. The second-order valence-corrected chi connectivity index (χ2v) is 0.766. The van der Waals surface area contributed by atoms with Gasteiger partial charge in [0.2, 0.25) is 0 Å². The molecule has 0 radical (unpaired) electrons. The number of rotatable bonds is 0. The van der Waals surface area contributed by atoms with Crippen molar-refractivity contribution >= 4 is 8.41 Å². The Balaban J connectivity index is 0. The summed E-state index contributed by atoms with van der Waals surface area (Å²) in [5, 5.41) is 6.21. The van der Waals surface area contributed by atoms with Gasteiger partial charge in [-0.2, -0.15) is 5.10 Å². The number of hydrogen-bond donors (Lipinski definition) is 1. The molecule has 0 aliphatic heterocycles. The molecule has 0 amide bonds. The molecular weight excluding hydrogens is 93.9 g/mol. The van der Waals surface area contributed by atoms with Crippen molar-refractivity contribution in [3.05, 3.63) is 18.5 Å². The zero-order valence-electron chi connectivity index (χ0n) is 3.09. The van der Waals surface area contributed by atoms with Crippen molar-refractivity contribution in [2.75, 3.05) is 0 Å². The van der Waals surface area contributed by atoms with E-state index in [2.05, 4.69) is 10.2 Å². The molecule has 7 heavy (non-hydrogen) atoms. The SMILES string of the molecule is B.F.c1cn[nH]c1. The molecule has 1 rings (SSSR count). The topological polar surface area (TPSA) is 28.7 Å². The number of aromatic nitrogens is 2. The predicted octanol–water partition coefficient (Wildman–Crippen LogP) is -0.622. The summed E-state index contributed by atoms with van der Waals surface area (Å²) in [6, 6.07) is 1.83. The summed E-state index contributed by atoms with van der Waals surface area (Å²) in [7, 11) is 0. The van der Waals surface area contributed by atoms with Crippen LogP contribution in [0.5, 0.6) is 0 Å². The van der Waals surface area contributed by atoms with Gasteiger partial charge in [0.1, 0.15) is 0 Å². The summed E-state index contributed by atoms with van der Waals surface area (Å²) in [6.45, 7) is 0. The minimum absolute atomic E-state index is 0. The molecule has 0 aliphatic rings. The minimum atomic E-state index is 0. The molecule has 1 aromatic heterocycles. The first-order chi connectivity index (χ1) is 2.50. The van der Waals surface area contributed by atoms with E-state index in [0.29, 0.717) is 0 Å². The van der Waals surface area contributed by atoms with Crippen LogP contribution in [-0.4, -0.2) is 18.6 Å². The van der Waals surface area contributed by atoms with Crippen LogP contribution in [0.25, 0.3) is 0 Å². The third kappa shape index (κ3) is 3.02. The fraction of sp³-hybridized carbons (Fsp3) is 0. The van der Waals surface area contributed by atoms with E-state index in [-0.39, 0.29) is 13.1 Å². The van der Waals surface area contributed by atoms with Crippen molar-refractivity contribution < 1.29 is 4.70 Å². The molecule has 2 nitrogen and oxygen atoms in total. The molecule has 0 aliphatic carbocycles.